The maximum absolute atomic E-state index is 12.0. The minimum atomic E-state index is -0.445. The van der Waals surface area contributed by atoms with Gasteiger partial charge in [-0.15, -0.1) is 0 Å². The molecule has 2 aromatic carbocycles. The van der Waals surface area contributed by atoms with Crippen molar-refractivity contribution in [3.8, 4) is 5.75 Å². The van der Waals surface area contributed by atoms with Crippen LogP contribution < -0.4 is 4.74 Å². The van der Waals surface area contributed by atoms with E-state index in [2.05, 4.69) is 4.99 Å². The monoisotopic (exact) mass is 293 g/mol. The average Bonchev–Trinajstić information content (AvgIpc) is 2.88. The molecule has 0 saturated carbocycles. The third-order valence-electron chi connectivity index (χ3n) is 3.28. The number of esters is 1. The summed E-state index contributed by atoms with van der Waals surface area (Å²) in [4.78, 5) is 16.3. The number of hydrogen-bond acceptors (Lipinski definition) is 4. The van der Waals surface area contributed by atoms with Gasteiger partial charge in [0.1, 0.15) is 5.75 Å². The van der Waals surface area contributed by atoms with E-state index in [4.69, 9.17) is 9.47 Å². The van der Waals surface area contributed by atoms with Crippen molar-refractivity contribution in [2.75, 3.05) is 7.11 Å². The van der Waals surface area contributed by atoms with Crippen molar-refractivity contribution in [2.24, 2.45) is 4.99 Å². The van der Waals surface area contributed by atoms with E-state index >= 15 is 0 Å². The van der Waals surface area contributed by atoms with Gasteiger partial charge in [-0.05, 0) is 36.8 Å². The van der Waals surface area contributed by atoms with Gasteiger partial charge in [-0.2, -0.15) is 0 Å². The summed E-state index contributed by atoms with van der Waals surface area (Å²) in [5.41, 5.74) is 3.05. The van der Waals surface area contributed by atoms with Crippen LogP contribution in [-0.2, 0) is 9.53 Å². The zero-order valence-electron chi connectivity index (χ0n) is 12.4. The maximum atomic E-state index is 12.0. The lowest BCUT2D eigenvalue weighted by Crippen LogP contribution is -2.05. The van der Waals surface area contributed by atoms with Crippen LogP contribution in [0.15, 0.2) is 59.2 Å². The summed E-state index contributed by atoms with van der Waals surface area (Å²) in [6.45, 7) is 2.00. The molecular weight excluding hydrogens is 278 g/mol. The van der Waals surface area contributed by atoms with Crippen molar-refractivity contribution in [1.82, 2.24) is 0 Å². The molecule has 4 heteroatoms. The van der Waals surface area contributed by atoms with Crippen LogP contribution in [0.1, 0.15) is 16.7 Å². The van der Waals surface area contributed by atoms with Gasteiger partial charge in [-0.25, -0.2) is 9.79 Å². The average molecular weight is 293 g/mol. The molecule has 3 rings (SSSR count). The van der Waals surface area contributed by atoms with Gasteiger partial charge in [0, 0.05) is 5.56 Å². The lowest BCUT2D eigenvalue weighted by molar-refractivity contribution is -0.129. The quantitative estimate of drug-likeness (QED) is 0.644. The predicted octanol–water partition coefficient (Wildman–Crippen LogP) is 3.35. The number of ether oxygens (including phenoxy) is 2. The van der Waals surface area contributed by atoms with E-state index in [1.807, 2.05) is 49.4 Å². The fourth-order valence-corrected chi connectivity index (χ4v) is 2.21. The van der Waals surface area contributed by atoms with Crippen LogP contribution in [0.3, 0.4) is 0 Å². The lowest BCUT2D eigenvalue weighted by Gasteiger charge is -2.02. The van der Waals surface area contributed by atoms with Gasteiger partial charge in [0.05, 0.1) is 7.11 Å². The molecule has 0 radical (unpaired) electrons. The molecular formula is C18H15NO3. The first-order chi connectivity index (χ1) is 10.7. The van der Waals surface area contributed by atoms with Gasteiger partial charge in [0.25, 0.3) is 0 Å². The Morgan fingerprint density at radius 3 is 2.73 bits per heavy atom. The van der Waals surface area contributed by atoms with E-state index in [-0.39, 0.29) is 0 Å². The Labute approximate surface area is 128 Å². The van der Waals surface area contributed by atoms with Crippen LogP contribution in [-0.4, -0.2) is 19.0 Å². The molecule has 4 nitrogen and oxygen atoms in total. The van der Waals surface area contributed by atoms with Crippen molar-refractivity contribution >= 4 is 17.9 Å². The van der Waals surface area contributed by atoms with Crippen LogP contribution in [0.2, 0.25) is 0 Å². The van der Waals surface area contributed by atoms with Gasteiger partial charge in [-0.3, -0.25) is 0 Å². The first-order valence-corrected chi connectivity index (χ1v) is 6.89. The Morgan fingerprint density at radius 1 is 1.14 bits per heavy atom. The van der Waals surface area contributed by atoms with Crippen molar-refractivity contribution < 1.29 is 14.3 Å². The smallest absolute Gasteiger partial charge is 0.363 e. The highest BCUT2D eigenvalue weighted by atomic mass is 16.6. The molecule has 1 aliphatic rings. The normalized spacial score (nSPS) is 15.6. The summed E-state index contributed by atoms with van der Waals surface area (Å²) in [5, 5.41) is 0. The molecule has 0 saturated heterocycles. The summed E-state index contributed by atoms with van der Waals surface area (Å²) in [6, 6.07) is 15.1. The van der Waals surface area contributed by atoms with E-state index < -0.39 is 5.97 Å². The molecule has 0 spiro atoms. The molecule has 0 amide bonds. The largest absolute Gasteiger partial charge is 0.497 e. The van der Waals surface area contributed by atoms with E-state index in [0.717, 1.165) is 11.1 Å². The molecule has 0 N–H and O–H groups in total. The highest BCUT2D eigenvalue weighted by Gasteiger charge is 2.24. The molecule has 0 bridgehead atoms. The van der Waals surface area contributed by atoms with Gasteiger partial charge < -0.3 is 9.47 Å². The van der Waals surface area contributed by atoms with Crippen LogP contribution in [0.5, 0.6) is 5.75 Å². The third kappa shape index (κ3) is 2.91. The summed E-state index contributed by atoms with van der Waals surface area (Å²) in [6.07, 6.45) is 1.72. The molecule has 0 fully saturated rings. The SMILES string of the molecule is COc1cccc(C2=N/C(=C\c3cccc(C)c3)C(=O)O2)c1. The van der Waals surface area contributed by atoms with E-state index in [1.54, 1.807) is 19.3 Å². The number of methoxy groups -OCH3 is 1. The van der Waals surface area contributed by atoms with Crippen LogP contribution in [0, 0.1) is 6.92 Å². The number of aryl methyl sites for hydroxylation is 1. The van der Waals surface area contributed by atoms with Crippen molar-refractivity contribution in [2.45, 2.75) is 6.92 Å². The Kier molecular flexibility index (Phi) is 3.74. The topological polar surface area (TPSA) is 47.9 Å². The highest BCUT2D eigenvalue weighted by Crippen LogP contribution is 2.21. The van der Waals surface area contributed by atoms with Gasteiger partial charge in [0.15, 0.2) is 5.70 Å². The number of carbonyl (C=O) groups is 1. The molecule has 0 atom stereocenters. The number of carbonyl (C=O) groups excluding carboxylic acids is 1. The molecule has 22 heavy (non-hydrogen) atoms. The van der Waals surface area contributed by atoms with Gasteiger partial charge in [0.2, 0.25) is 5.90 Å². The Hall–Kier alpha value is -2.88. The first kappa shape index (κ1) is 14.1. The number of aliphatic imine (C=N–C) groups is 1. The minimum absolute atomic E-state index is 0.294. The second-order valence-corrected chi connectivity index (χ2v) is 4.98. The number of benzene rings is 2. The molecule has 0 unspecified atom stereocenters. The second kappa shape index (κ2) is 5.85. The van der Waals surface area contributed by atoms with Crippen LogP contribution in [0.25, 0.3) is 6.08 Å². The zero-order valence-corrected chi connectivity index (χ0v) is 12.4. The molecule has 2 aromatic rings. The third-order valence-corrected chi connectivity index (χ3v) is 3.28. The van der Waals surface area contributed by atoms with Crippen molar-refractivity contribution in [3.05, 3.63) is 70.9 Å². The Morgan fingerprint density at radius 2 is 1.95 bits per heavy atom. The van der Waals surface area contributed by atoms with E-state index in [9.17, 15) is 4.79 Å². The lowest BCUT2D eigenvalue weighted by atomic mass is 10.1. The number of rotatable bonds is 3. The minimum Gasteiger partial charge on any atom is -0.497 e. The fourth-order valence-electron chi connectivity index (χ4n) is 2.21. The molecule has 0 aliphatic carbocycles. The summed E-state index contributed by atoms with van der Waals surface area (Å²) < 4.78 is 10.4. The van der Waals surface area contributed by atoms with Crippen molar-refractivity contribution in [1.29, 1.82) is 0 Å². The molecule has 1 aliphatic heterocycles. The Balaban J connectivity index is 1.94. The zero-order chi connectivity index (χ0) is 15.5. The summed E-state index contributed by atoms with van der Waals surface area (Å²) >= 11 is 0. The predicted molar refractivity (Wildman–Crippen MR) is 84.8 cm³/mol. The molecule has 1 heterocycles. The first-order valence-electron chi connectivity index (χ1n) is 6.89. The standard InChI is InChI=1S/C18H15NO3/c1-12-5-3-6-13(9-12)10-16-18(20)22-17(19-16)14-7-4-8-15(11-14)21-2/h3-11H,1-2H3/b16-10-. The van der Waals surface area contributed by atoms with Crippen molar-refractivity contribution in [3.63, 3.8) is 0 Å². The second-order valence-electron chi connectivity index (χ2n) is 4.98. The van der Waals surface area contributed by atoms with E-state index in [1.165, 1.54) is 0 Å². The summed E-state index contributed by atoms with van der Waals surface area (Å²) in [7, 11) is 1.59. The number of cyclic esters (lactones) is 1. The summed E-state index contributed by atoms with van der Waals surface area (Å²) in [5.74, 6) is 0.537. The molecule has 0 aromatic heterocycles. The van der Waals surface area contributed by atoms with Gasteiger partial charge >= 0.3 is 5.97 Å². The maximum Gasteiger partial charge on any atom is 0.363 e. The van der Waals surface area contributed by atoms with Crippen LogP contribution >= 0.6 is 0 Å². The number of nitrogens with zero attached hydrogens (tertiary/aromatic N) is 1. The fraction of sp³-hybridized carbons (Fsp3) is 0.111. The van der Waals surface area contributed by atoms with E-state index in [0.29, 0.717) is 22.9 Å². The highest BCUT2D eigenvalue weighted by molar-refractivity contribution is 6.12. The molecule has 110 valence electrons. The van der Waals surface area contributed by atoms with Crippen LogP contribution in [0.4, 0.5) is 0 Å². The number of hydrogen-bond donors (Lipinski definition) is 0. The Bertz CT molecular complexity index is 790. The van der Waals surface area contributed by atoms with Gasteiger partial charge in [-0.1, -0.05) is 35.9 Å².